The van der Waals surface area contributed by atoms with Crippen LogP contribution in [0, 0.1) is 6.92 Å². The van der Waals surface area contributed by atoms with Gasteiger partial charge < -0.3 is 15.1 Å². The first-order chi connectivity index (χ1) is 13.1. The van der Waals surface area contributed by atoms with Crippen LogP contribution in [0.2, 0.25) is 0 Å². The molecule has 0 atom stereocenters. The topological polar surface area (TPSA) is 71.3 Å². The molecule has 2 aromatic carbocycles. The highest BCUT2D eigenvalue weighted by molar-refractivity contribution is 6.05. The first-order valence-electron chi connectivity index (χ1n) is 8.58. The molecule has 0 unspecified atom stereocenters. The molecule has 3 rings (SSSR count). The second-order valence-corrected chi connectivity index (χ2v) is 5.99. The lowest BCUT2D eigenvalue weighted by atomic mass is 10.2. The molecule has 1 heterocycles. The molecule has 0 fully saturated rings. The Labute approximate surface area is 157 Å². The van der Waals surface area contributed by atoms with Gasteiger partial charge in [-0.15, -0.1) is 0 Å². The summed E-state index contributed by atoms with van der Waals surface area (Å²) in [4.78, 5) is 25.1. The summed E-state index contributed by atoms with van der Waals surface area (Å²) < 4.78 is 5.51. The predicted molar refractivity (Wildman–Crippen MR) is 104 cm³/mol. The van der Waals surface area contributed by atoms with Gasteiger partial charge in [-0.2, -0.15) is 0 Å². The Balaban J connectivity index is 1.77. The van der Waals surface area contributed by atoms with Crippen molar-refractivity contribution in [3.8, 4) is 0 Å². The van der Waals surface area contributed by atoms with E-state index >= 15 is 0 Å². The molecule has 1 aromatic heterocycles. The van der Waals surface area contributed by atoms with Crippen LogP contribution < -0.4 is 10.6 Å². The average molecular weight is 360 g/mol. The van der Waals surface area contributed by atoms with Crippen molar-refractivity contribution in [1.82, 2.24) is 10.6 Å². The Morgan fingerprint density at radius 2 is 1.59 bits per heavy atom. The fourth-order valence-corrected chi connectivity index (χ4v) is 2.49. The first kappa shape index (κ1) is 18.2. The molecule has 0 aliphatic carbocycles. The molecule has 0 saturated carbocycles. The molecule has 136 valence electrons. The number of carbonyl (C=O) groups is 2. The zero-order valence-electron chi connectivity index (χ0n) is 14.9. The Morgan fingerprint density at radius 1 is 0.926 bits per heavy atom. The highest BCUT2D eigenvalue weighted by Gasteiger charge is 2.15. The maximum atomic E-state index is 12.7. The van der Waals surface area contributed by atoms with Crippen molar-refractivity contribution in [3.05, 3.63) is 101 Å². The van der Waals surface area contributed by atoms with Crippen molar-refractivity contribution in [2.45, 2.75) is 13.5 Å². The van der Waals surface area contributed by atoms with Crippen molar-refractivity contribution in [1.29, 1.82) is 0 Å². The number of nitrogens with one attached hydrogen (secondary N) is 2. The van der Waals surface area contributed by atoms with Gasteiger partial charge in [0.05, 0.1) is 0 Å². The molecule has 3 aromatic rings. The Morgan fingerprint density at radius 3 is 2.22 bits per heavy atom. The summed E-state index contributed by atoms with van der Waals surface area (Å²) in [5.74, 6) is 0.461. The van der Waals surface area contributed by atoms with Crippen LogP contribution in [0.25, 0.3) is 6.08 Å². The van der Waals surface area contributed by atoms with E-state index in [1.165, 1.54) is 6.08 Å². The van der Waals surface area contributed by atoms with Crippen LogP contribution >= 0.6 is 0 Å². The number of benzene rings is 2. The highest BCUT2D eigenvalue weighted by atomic mass is 16.3. The zero-order chi connectivity index (χ0) is 19.1. The minimum absolute atomic E-state index is 0.120. The predicted octanol–water partition coefficient (Wildman–Crippen LogP) is 3.68. The van der Waals surface area contributed by atoms with Crippen LogP contribution in [0.1, 0.15) is 27.4 Å². The number of aryl methyl sites for hydroxylation is 1. The molecule has 0 radical (unpaired) electrons. The third kappa shape index (κ3) is 5.19. The van der Waals surface area contributed by atoms with Crippen LogP contribution in [-0.4, -0.2) is 11.8 Å². The lowest BCUT2D eigenvalue weighted by Crippen LogP contribution is -2.34. The lowest BCUT2D eigenvalue weighted by molar-refractivity contribution is -0.117. The maximum Gasteiger partial charge on any atom is 0.268 e. The Kier molecular flexibility index (Phi) is 5.84. The van der Waals surface area contributed by atoms with E-state index < -0.39 is 5.91 Å². The largest absolute Gasteiger partial charge is 0.462 e. The number of hydrogen-bond donors (Lipinski definition) is 2. The van der Waals surface area contributed by atoms with Gasteiger partial charge in [-0.25, -0.2) is 0 Å². The Bertz CT molecular complexity index is 944. The normalized spacial score (nSPS) is 11.1. The average Bonchev–Trinajstić information content (AvgIpc) is 3.11. The molecule has 0 saturated heterocycles. The van der Waals surface area contributed by atoms with Crippen LogP contribution in [0.15, 0.2) is 82.9 Å². The molecule has 0 aliphatic heterocycles. The number of hydrogen-bond acceptors (Lipinski definition) is 3. The molecule has 0 spiro atoms. The number of furan rings is 1. The summed E-state index contributed by atoms with van der Waals surface area (Å²) in [5.41, 5.74) is 1.55. The smallest absolute Gasteiger partial charge is 0.268 e. The lowest BCUT2D eigenvalue weighted by Gasteiger charge is -2.11. The van der Waals surface area contributed by atoms with E-state index in [4.69, 9.17) is 4.42 Å². The van der Waals surface area contributed by atoms with Gasteiger partial charge in [0.2, 0.25) is 0 Å². The van der Waals surface area contributed by atoms with Gasteiger partial charge in [-0.1, -0.05) is 48.5 Å². The number of amides is 2. The number of rotatable bonds is 6. The van der Waals surface area contributed by atoms with Gasteiger partial charge in [0.1, 0.15) is 17.2 Å². The summed E-state index contributed by atoms with van der Waals surface area (Å²) in [7, 11) is 0. The second-order valence-electron chi connectivity index (χ2n) is 5.99. The highest BCUT2D eigenvalue weighted by Crippen LogP contribution is 2.11. The van der Waals surface area contributed by atoms with Gasteiger partial charge in [-0.05, 0) is 36.8 Å². The van der Waals surface area contributed by atoms with E-state index in [0.717, 1.165) is 11.3 Å². The van der Waals surface area contributed by atoms with Crippen molar-refractivity contribution in [2.75, 3.05) is 0 Å². The van der Waals surface area contributed by atoms with E-state index in [0.29, 0.717) is 17.9 Å². The van der Waals surface area contributed by atoms with Crippen LogP contribution in [0.5, 0.6) is 0 Å². The van der Waals surface area contributed by atoms with E-state index in [1.807, 2.05) is 43.3 Å². The van der Waals surface area contributed by atoms with E-state index in [2.05, 4.69) is 10.6 Å². The van der Waals surface area contributed by atoms with E-state index in [9.17, 15) is 9.59 Å². The van der Waals surface area contributed by atoms with Crippen LogP contribution in [0.3, 0.4) is 0 Å². The zero-order valence-corrected chi connectivity index (χ0v) is 14.9. The van der Waals surface area contributed by atoms with Crippen molar-refractivity contribution in [2.24, 2.45) is 0 Å². The molecule has 0 aliphatic rings. The first-order valence-corrected chi connectivity index (χ1v) is 8.58. The van der Waals surface area contributed by atoms with Gasteiger partial charge in [-0.3, -0.25) is 9.59 Å². The van der Waals surface area contributed by atoms with Crippen molar-refractivity contribution in [3.63, 3.8) is 0 Å². The molecule has 2 N–H and O–H groups in total. The summed E-state index contributed by atoms with van der Waals surface area (Å²) >= 11 is 0. The fourth-order valence-electron chi connectivity index (χ4n) is 2.49. The summed E-state index contributed by atoms with van der Waals surface area (Å²) in [6.07, 6.45) is 1.52. The summed E-state index contributed by atoms with van der Waals surface area (Å²) in [6, 6.07) is 21.8. The van der Waals surface area contributed by atoms with Crippen molar-refractivity contribution >= 4 is 17.9 Å². The SMILES string of the molecule is Cc1ccc(/C=C(/NC(=O)c2ccccc2)C(=O)NCc2ccccc2)o1. The van der Waals surface area contributed by atoms with Crippen LogP contribution in [0.4, 0.5) is 0 Å². The van der Waals surface area contributed by atoms with Gasteiger partial charge in [0.25, 0.3) is 11.8 Å². The Hall–Kier alpha value is -3.60. The van der Waals surface area contributed by atoms with Crippen molar-refractivity contribution < 1.29 is 14.0 Å². The molecular weight excluding hydrogens is 340 g/mol. The van der Waals surface area contributed by atoms with Crippen LogP contribution in [-0.2, 0) is 11.3 Å². The van der Waals surface area contributed by atoms with E-state index in [-0.39, 0.29) is 11.6 Å². The fraction of sp³-hybridized carbons (Fsp3) is 0.0909. The molecule has 5 heteroatoms. The second kappa shape index (κ2) is 8.67. The standard InChI is InChI=1S/C22H20N2O3/c1-16-12-13-19(27-16)14-20(24-21(25)18-10-6-3-7-11-18)22(26)23-15-17-8-4-2-5-9-17/h2-14H,15H2,1H3,(H,23,26)(H,24,25)/b20-14+. The molecule has 5 nitrogen and oxygen atoms in total. The molecular formula is C22H20N2O3. The monoisotopic (exact) mass is 360 g/mol. The minimum atomic E-state index is -0.391. The molecule has 27 heavy (non-hydrogen) atoms. The third-order valence-corrected chi connectivity index (χ3v) is 3.87. The van der Waals surface area contributed by atoms with Gasteiger partial charge in [0, 0.05) is 18.2 Å². The van der Waals surface area contributed by atoms with Gasteiger partial charge in [0.15, 0.2) is 0 Å². The quantitative estimate of drug-likeness (QED) is 0.659. The molecule has 0 bridgehead atoms. The summed E-state index contributed by atoms with van der Waals surface area (Å²) in [6.45, 7) is 2.17. The summed E-state index contributed by atoms with van der Waals surface area (Å²) in [5, 5.41) is 5.50. The van der Waals surface area contributed by atoms with E-state index in [1.54, 1.807) is 36.4 Å². The molecule has 2 amide bonds. The third-order valence-electron chi connectivity index (χ3n) is 3.87. The van der Waals surface area contributed by atoms with Gasteiger partial charge >= 0.3 is 0 Å². The number of carbonyl (C=O) groups excluding carboxylic acids is 2. The maximum absolute atomic E-state index is 12.7. The minimum Gasteiger partial charge on any atom is -0.462 e.